The minimum atomic E-state index is -0.390. The maximum atomic E-state index is 14.0. The molecule has 1 aliphatic heterocycles. The van der Waals surface area contributed by atoms with Gasteiger partial charge < -0.3 is 15.0 Å². The molecule has 0 bridgehead atoms. The third kappa shape index (κ3) is 5.31. The Kier molecular flexibility index (Phi) is 8.14. The van der Waals surface area contributed by atoms with E-state index in [2.05, 4.69) is 21.2 Å². The van der Waals surface area contributed by atoms with Crippen molar-refractivity contribution in [2.45, 2.75) is 32.5 Å². The average molecular weight is 624 g/mol. The fourth-order valence-electron chi connectivity index (χ4n) is 4.98. The molecule has 1 N–H and O–H groups in total. The number of benzene rings is 3. The zero-order valence-corrected chi connectivity index (χ0v) is 24.4. The zero-order valence-electron chi connectivity index (χ0n) is 22.1. The van der Waals surface area contributed by atoms with E-state index in [1.54, 1.807) is 59.0 Å². The average Bonchev–Trinajstić information content (AvgIpc) is 3.28. The summed E-state index contributed by atoms with van der Waals surface area (Å²) >= 11 is 9.60. The normalized spacial score (nSPS) is 13.4. The highest BCUT2D eigenvalue weighted by atomic mass is 79.9. The molecule has 5 rings (SSSR count). The number of halogens is 2. The van der Waals surface area contributed by atoms with E-state index in [0.29, 0.717) is 45.2 Å². The molecule has 8 nitrogen and oxygen atoms in total. The van der Waals surface area contributed by atoms with Gasteiger partial charge in [-0.15, -0.1) is 0 Å². The van der Waals surface area contributed by atoms with Gasteiger partial charge in [-0.2, -0.15) is 0 Å². The number of aromatic nitrogens is 2. The van der Waals surface area contributed by atoms with Gasteiger partial charge in [0.2, 0.25) is 0 Å². The lowest BCUT2D eigenvalue weighted by atomic mass is 10.0. The van der Waals surface area contributed by atoms with E-state index in [1.165, 1.54) is 4.57 Å². The monoisotopic (exact) mass is 622 g/mol. The standard InChI is InChI=1S/C30H28BrClN4O4/c1-3-25(19-7-5-4-6-8-19)33-28(37)27-26-18-34(29(38)20-9-14-23(31)24(32)17-20)15-16-35(26)30(39)36(27)21-10-12-22(40-2)13-11-21/h4-14,17,25H,3,15-16,18H2,1-2H3,(H,33,37)/t25-/m0/s1. The molecule has 0 aliphatic carbocycles. The number of nitrogens with one attached hydrogen (secondary N) is 1. The van der Waals surface area contributed by atoms with E-state index in [0.717, 1.165) is 5.56 Å². The molecule has 2 amide bonds. The van der Waals surface area contributed by atoms with Crippen molar-refractivity contribution in [2.75, 3.05) is 13.7 Å². The predicted octanol–water partition coefficient (Wildman–Crippen LogP) is 5.60. The Hall–Kier alpha value is -3.82. The number of fused-ring (bicyclic) bond motifs is 1. The third-order valence-electron chi connectivity index (χ3n) is 7.09. The fraction of sp³-hybridized carbons (Fsp3) is 0.233. The number of methoxy groups -OCH3 is 1. The van der Waals surface area contributed by atoms with Crippen LogP contribution in [0.3, 0.4) is 0 Å². The molecule has 0 fully saturated rings. The Balaban J connectivity index is 1.57. The summed E-state index contributed by atoms with van der Waals surface area (Å²) in [5.74, 6) is 0.0116. The molecular formula is C30H28BrClN4O4. The molecule has 2 heterocycles. The van der Waals surface area contributed by atoms with Gasteiger partial charge >= 0.3 is 5.69 Å². The van der Waals surface area contributed by atoms with Crippen LogP contribution in [0.4, 0.5) is 0 Å². The van der Waals surface area contributed by atoms with Crippen molar-refractivity contribution < 1.29 is 14.3 Å². The van der Waals surface area contributed by atoms with Crippen LogP contribution < -0.4 is 15.7 Å². The number of nitrogens with zero attached hydrogens (tertiary/aromatic N) is 3. The van der Waals surface area contributed by atoms with Crippen molar-refractivity contribution in [3.05, 3.63) is 115 Å². The van der Waals surface area contributed by atoms with Crippen LogP contribution in [0.5, 0.6) is 5.75 Å². The van der Waals surface area contributed by atoms with Gasteiger partial charge in [-0.3, -0.25) is 18.7 Å². The molecule has 206 valence electrons. The van der Waals surface area contributed by atoms with E-state index in [1.807, 2.05) is 37.3 Å². The largest absolute Gasteiger partial charge is 0.497 e. The smallest absolute Gasteiger partial charge is 0.333 e. The van der Waals surface area contributed by atoms with Crippen LogP contribution in [0, 0.1) is 0 Å². The van der Waals surface area contributed by atoms with E-state index in [9.17, 15) is 14.4 Å². The highest BCUT2D eigenvalue weighted by Crippen LogP contribution is 2.27. The zero-order chi connectivity index (χ0) is 28.4. The van der Waals surface area contributed by atoms with Gasteiger partial charge in [0, 0.05) is 23.1 Å². The highest BCUT2D eigenvalue weighted by molar-refractivity contribution is 9.10. The molecule has 0 unspecified atom stereocenters. The lowest BCUT2D eigenvalue weighted by Crippen LogP contribution is -2.41. The van der Waals surface area contributed by atoms with Gasteiger partial charge in [0.25, 0.3) is 11.8 Å². The fourth-order valence-corrected chi connectivity index (χ4v) is 5.41. The molecule has 0 spiro atoms. The van der Waals surface area contributed by atoms with Crippen LogP contribution in [-0.4, -0.2) is 39.5 Å². The molecule has 1 aliphatic rings. The van der Waals surface area contributed by atoms with Gasteiger partial charge in [-0.05, 0) is 70.4 Å². The Morgan fingerprint density at radius 2 is 1.77 bits per heavy atom. The van der Waals surface area contributed by atoms with Crippen LogP contribution in [0.15, 0.2) is 82.1 Å². The SMILES string of the molecule is CC[C@H](NC(=O)c1c2n(c(=O)n1-c1ccc(OC)cc1)CCN(C(=O)c1ccc(Br)c(Cl)c1)C2)c1ccccc1. The summed E-state index contributed by atoms with van der Waals surface area (Å²) in [7, 11) is 1.57. The van der Waals surface area contributed by atoms with Crippen molar-refractivity contribution in [3.63, 3.8) is 0 Å². The van der Waals surface area contributed by atoms with Crippen LogP contribution >= 0.6 is 27.5 Å². The topological polar surface area (TPSA) is 85.6 Å². The minimum absolute atomic E-state index is 0.0930. The quantitative estimate of drug-likeness (QED) is 0.291. The van der Waals surface area contributed by atoms with Crippen molar-refractivity contribution in [1.29, 1.82) is 0 Å². The molecule has 40 heavy (non-hydrogen) atoms. The van der Waals surface area contributed by atoms with Crippen molar-refractivity contribution in [3.8, 4) is 11.4 Å². The van der Waals surface area contributed by atoms with Crippen molar-refractivity contribution >= 4 is 39.3 Å². The molecule has 1 atom stereocenters. The number of hydrogen-bond acceptors (Lipinski definition) is 4. The summed E-state index contributed by atoms with van der Waals surface area (Å²) < 4.78 is 8.98. The first-order chi connectivity index (χ1) is 19.3. The second-order valence-corrected chi connectivity index (χ2v) is 10.7. The van der Waals surface area contributed by atoms with E-state index < -0.39 is 5.91 Å². The molecule has 0 saturated carbocycles. The van der Waals surface area contributed by atoms with Crippen LogP contribution in [0.1, 0.15) is 51.5 Å². The maximum absolute atomic E-state index is 14.0. The lowest BCUT2D eigenvalue weighted by molar-refractivity contribution is 0.0706. The van der Waals surface area contributed by atoms with Gasteiger partial charge in [0.1, 0.15) is 11.4 Å². The number of carbonyl (C=O) groups excluding carboxylic acids is 2. The Labute approximate surface area is 245 Å². The van der Waals surface area contributed by atoms with Crippen LogP contribution in [0.25, 0.3) is 5.69 Å². The summed E-state index contributed by atoms with van der Waals surface area (Å²) in [6.45, 7) is 2.65. The van der Waals surface area contributed by atoms with Gasteiger partial charge in [-0.25, -0.2) is 4.79 Å². The highest BCUT2D eigenvalue weighted by Gasteiger charge is 2.33. The number of carbonyl (C=O) groups is 2. The summed E-state index contributed by atoms with van der Waals surface area (Å²) in [6, 6.07) is 21.4. The molecular weight excluding hydrogens is 596 g/mol. The molecule has 4 aromatic rings. The Bertz CT molecular complexity index is 1620. The van der Waals surface area contributed by atoms with E-state index in [-0.39, 0.29) is 36.4 Å². The van der Waals surface area contributed by atoms with Gasteiger partial charge in [-0.1, -0.05) is 48.9 Å². The van der Waals surface area contributed by atoms with Gasteiger partial charge in [0.05, 0.1) is 36.1 Å². The predicted molar refractivity (Wildman–Crippen MR) is 157 cm³/mol. The Morgan fingerprint density at radius 1 is 1.05 bits per heavy atom. The number of rotatable bonds is 7. The number of hydrogen-bond donors (Lipinski definition) is 1. The molecule has 10 heteroatoms. The first-order valence-electron chi connectivity index (χ1n) is 12.9. The molecule has 3 aromatic carbocycles. The third-order valence-corrected chi connectivity index (χ3v) is 8.33. The second kappa shape index (κ2) is 11.7. The molecule has 1 aromatic heterocycles. The lowest BCUT2D eigenvalue weighted by Gasteiger charge is -2.28. The van der Waals surface area contributed by atoms with Gasteiger partial charge in [0.15, 0.2) is 0 Å². The first kappa shape index (κ1) is 27.7. The minimum Gasteiger partial charge on any atom is -0.497 e. The van der Waals surface area contributed by atoms with Crippen LogP contribution in [-0.2, 0) is 13.1 Å². The number of imidazole rings is 1. The molecule has 0 radical (unpaired) electrons. The van der Waals surface area contributed by atoms with Crippen molar-refractivity contribution in [2.24, 2.45) is 0 Å². The Morgan fingerprint density at radius 3 is 2.42 bits per heavy atom. The van der Waals surface area contributed by atoms with E-state index >= 15 is 0 Å². The molecule has 0 saturated heterocycles. The number of amides is 2. The summed E-state index contributed by atoms with van der Waals surface area (Å²) in [4.78, 5) is 42.8. The summed E-state index contributed by atoms with van der Waals surface area (Å²) in [5.41, 5.74) is 2.27. The second-order valence-electron chi connectivity index (χ2n) is 9.46. The number of ether oxygens (including phenoxy) is 1. The maximum Gasteiger partial charge on any atom is 0.333 e. The van der Waals surface area contributed by atoms with Crippen molar-refractivity contribution in [1.82, 2.24) is 19.4 Å². The van der Waals surface area contributed by atoms with E-state index in [4.69, 9.17) is 16.3 Å². The summed E-state index contributed by atoms with van der Waals surface area (Å²) in [6.07, 6.45) is 0.660. The van der Waals surface area contributed by atoms with Crippen LogP contribution in [0.2, 0.25) is 5.02 Å². The first-order valence-corrected chi connectivity index (χ1v) is 14.1. The summed E-state index contributed by atoms with van der Waals surface area (Å²) in [5, 5.41) is 3.55.